The van der Waals surface area contributed by atoms with E-state index in [4.69, 9.17) is 20.8 Å². The van der Waals surface area contributed by atoms with E-state index in [2.05, 4.69) is 5.10 Å². The van der Waals surface area contributed by atoms with Crippen molar-refractivity contribution >= 4 is 35.1 Å². The number of hydrazone groups is 1. The molecule has 2 amide bonds. The van der Waals surface area contributed by atoms with Gasteiger partial charge in [-0.15, -0.1) is 0 Å². The number of hydrogen-bond acceptors (Lipinski definition) is 6. The maximum atomic E-state index is 13.3. The highest BCUT2D eigenvalue weighted by molar-refractivity contribution is 6.30. The molecule has 0 N–H and O–H groups in total. The van der Waals surface area contributed by atoms with Crippen LogP contribution in [0.5, 0.6) is 0 Å². The summed E-state index contributed by atoms with van der Waals surface area (Å²) in [5.41, 5.74) is 1.58. The predicted molar refractivity (Wildman–Crippen MR) is 128 cm³/mol. The van der Waals surface area contributed by atoms with Gasteiger partial charge in [-0.2, -0.15) is 5.10 Å². The molecule has 1 saturated carbocycles. The maximum absolute atomic E-state index is 13.3. The molecule has 5 rings (SSSR count). The highest BCUT2D eigenvalue weighted by Crippen LogP contribution is 2.35. The summed E-state index contributed by atoms with van der Waals surface area (Å²) >= 11 is 6.01. The van der Waals surface area contributed by atoms with Crippen molar-refractivity contribution in [2.45, 2.75) is 51.2 Å². The summed E-state index contributed by atoms with van der Waals surface area (Å²) in [7, 11) is 0. The number of amides is 2. The van der Waals surface area contributed by atoms with Crippen LogP contribution >= 0.6 is 11.6 Å². The van der Waals surface area contributed by atoms with Crippen molar-refractivity contribution in [2.24, 2.45) is 16.9 Å². The Hall–Kier alpha value is -3.13. The topological polar surface area (TPSA) is 92.4 Å². The summed E-state index contributed by atoms with van der Waals surface area (Å²) < 4.78 is 11.2. The molecule has 0 spiro atoms. The SMILES string of the molecule is CC(OC(=O)C1CCN(C(=O)C2CC2)CC1)C(=O)N1N=C(c2ccc(Cl)cc2)CC1c1ccco1. The Bertz CT molecular complexity index is 1120. The van der Waals surface area contributed by atoms with Crippen LogP contribution in [-0.2, 0) is 19.1 Å². The molecule has 3 heterocycles. The lowest BCUT2D eigenvalue weighted by Gasteiger charge is -2.31. The molecule has 2 unspecified atom stereocenters. The summed E-state index contributed by atoms with van der Waals surface area (Å²) in [6.07, 6.45) is 4.07. The van der Waals surface area contributed by atoms with Gasteiger partial charge in [0.2, 0.25) is 5.91 Å². The zero-order chi connectivity index (χ0) is 24.5. The lowest BCUT2D eigenvalue weighted by molar-refractivity contribution is -0.165. The number of ether oxygens (including phenoxy) is 1. The molecule has 0 bridgehead atoms. The lowest BCUT2D eigenvalue weighted by atomic mass is 9.96. The Morgan fingerprint density at radius 3 is 2.40 bits per heavy atom. The van der Waals surface area contributed by atoms with Gasteiger partial charge in [-0.25, -0.2) is 5.01 Å². The summed E-state index contributed by atoms with van der Waals surface area (Å²) in [5.74, 6) is -0.145. The molecular formula is C26H28ClN3O5. The van der Waals surface area contributed by atoms with Gasteiger partial charge in [-0.05, 0) is 62.4 Å². The molecule has 3 aliphatic rings. The Labute approximate surface area is 208 Å². The van der Waals surface area contributed by atoms with E-state index in [1.807, 2.05) is 17.0 Å². The van der Waals surface area contributed by atoms with Gasteiger partial charge in [0.05, 0.1) is 17.9 Å². The normalized spacial score (nSPS) is 21.5. The highest BCUT2D eigenvalue weighted by atomic mass is 35.5. The Morgan fingerprint density at radius 1 is 1.06 bits per heavy atom. The number of carbonyl (C=O) groups is 3. The molecule has 9 heteroatoms. The predicted octanol–water partition coefficient (Wildman–Crippen LogP) is 4.19. The average Bonchev–Trinajstić information content (AvgIpc) is 3.39. The van der Waals surface area contributed by atoms with Crippen LogP contribution in [0.3, 0.4) is 0 Å². The molecule has 35 heavy (non-hydrogen) atoms. The summed E-state index contributed by atoms with van der Waals surface area (Å²) in [6, 6.07) is 10.4. The van der Waals surface area contributed by atoms with E-state index in [0.29, 0.717) is 43.1 Å². The van der Waals surface area contributed by atoms with Gasteiger partial charge in [0.1, 0.15) is 11.8 Å². The molecular weight excluding hydrogens is 470 g/mol. The van der Waals surface area contributed by atoms with Gasteiger partial charge >= 0.3 is 5.97 Å². The first-order valence-corrected chi connectivity index (χ1v) is 12.5. The zero-order valence-electron chi connectivity index (χ0n) is 19.6. The van der Waals surface area contributed by atoms with Crippen LogP contribution in [0.15, 0.2) is 52.2 Å². The second kappa shape index (κ2) is 9.85. The van der Waals surface area contributed by atoms with Gasteiger partial charge in [0.15, 0.2) is 6.10 Å². The van der Waals surface area contributed by atoms with Crippen LogP contribution in [-0.4, -0.2) is 52.6 Å². The number of nitrogens with zero attached hydrogens (tertiary/aromatic N) is 3. The van der Waals surface area contributed by atoms with E-state index in [1.165, 1.54) is 5.01 Å². The van der Waals surface area contributed by atoms with Crippen molar-refractivity contribution in [1.82, 2.24) is 9.91 Å². The van der Waals surface area contributed by atoms with Crippen LogP contribution in [0.4, 0.5) is 0 Å². The fourth-order valence-corrected chi connectivity index (χ4v) is 4.79. The van der Waals surface area contributed by atoms with E-state index >= 15 is 0 Å². The Balaban J connectivity index is 1.24. The first-order valence-electron chi connectivity index (χ1n) is 12.1. The van der Waals surface area contributed by atoms with Crippen LogP contribution in [0.1, 0.15) is 56.4 Å². The van der Waals surface area contributed by atoms with E-state index < -0.39 is 24.0 Å². The number of rotatable bonds is 6. The van der Waals surface area contributed by atoms with Gasteiger partial charge < -0.3 is 14.1 Å². The molecule has 2 aliphatic heterocycles. The Kier molecular flexibility index (Phi) is 6.65. The molecule has 2 aromatic rings. The third-order valence-corrected chi connectivity index (χ3v) is 7.14. The first kappa shape index (κ1) is 23.6. The number of furan rings is 1. The smallest absolute Gasteiger partial charge is 0.309 e. The minimum Gasteiger partial charge on any atom is -0.467 e. The molecule has 1 saturated heterocycles. The molecule has 184 valence electrons. The number of carbonyl (C=O) groups excluding carboxylic acids is 3. The minimum absolute atomic E-state index is 0.178. The largest absolute Gasteiger partial charge is 0.467 e. The minimum atomic E-state index is -1.00. The van der Waals surface area contributed by atoms with Gasteiger partial charge in [-0.3, -0.25) is 14.4 Å². The van der Waals surface area contributed by atoms with E-state index in [1.54, 1.807) is 37.5 Å². The number of esters is 1. The summed E-state index contributed by atoms with van der Waals surface area (Å²) in [5, 5.41) is 6.56. The third-order valence-electron chi connectivity index (χ3n) is 6.89. The fraction of sp³-hybridized carbons (Fsp3) is 0.462. The maximum Gasteiger partial charge on any atom is 0.309 e. The van der Waals surface area contributed by atoms with E-state index in [-0.39, 0.29) is 17.7 Å². The molecule has 2 atom stereocenters. The van der Waals surface area contributed by atoms with Crippen molar-refractivity contribution in [3.63, 3.8) is 0 Å². The average molecular weight is 498 g/mol. The number of piperidine rings is 1. The number of benzene rings is 1. The monoisotopic (exact) mass is 497 g/mol. The van der Waals surface area contributed by atoms with E-state index in [0.717, 1.165) is 24.1 Å². The van der Waals surface area contributed by atoms with Crippen molar-refractivity contribution in [2.75, 3.05) is 13.1 Å². The number of hydrogen-bond donors (Lipinski definition) is 0. The number of likely N-dealkylation sites (tertiary alicyclic amines) is 1. The molecule has 1 aliphatic carbocycles. The first-order chi connectivity index (χ1) is 16.9. The molecule has 2 fully saturated rings. The Morgan fingerprint density at radius 2 is 1.77 bits per heavy atom. The summed E-state index contributed by atoms with van der Waals surface area (Å²) in [4.78, 5) is 40.3. The molecule has 1 aromatic heterocycles. The van der Waals surface area contributed by atoms with Crippen LogP contribution in [0.25, 0.3) is 0 Å². The quantitative estimate of drug-likeness (QED) is 0.558. The fourth-order valence-electron chi connectivity index (χ4n) is 4.66. The van der Waals surface area contributed by atoms with Gasteiger partial charge in [0, 0.05) is 30.5 Å². The lowest BCUT2D eigenvalue weighted by Crippen LogP contribution is -2.43. The van der Waals surface area contributed by atoms with Gasteiger partial charge in [0.25, 0.3) is 5.91 Å². The second-order valence-corrected chi connectivity index (χ2v) is 9.86. The van der Waals surface area contributed by atoms with Crippen LogP contribution in [0.2, 0.25) is 5.02 Å². The van der Waals surface area contributed by atoms with Crippen molar-refractivity contribution in [1.29, 1.82) is 0 Å². The molecule has 0 radical (unpaired) electrons. The standard InChI is InChI=1S/C26H28ClN3O5/c1-16(35-26(33)19-10-12-29(13-11-19)25(32)18-4-5-18)24(31)30-22(23-3-2-14-34-23)15-21(28-30)17-6-8-20(27)9-7-17/h2-3,6-9,14,16,18-19,22H,4-5,10-13,15H2,1H3. The highest BCUT2D eigenvalue weighted by Gasteiger charge is 2.40. The summed E-state index contributed by atoms with van der Waals surface area (Å²) in [6.45, 7) is 2.68. The second-order valence-electron chi connectivity index (χ2n) is 9.42. The van der Waals surface area contributed by atoms with Crippen molar-refractivity contribution in [3.05, 3.63) is 59.0 Å². The van der Waals surface area contributed by atoms with E-state index in [9.17, 15) is 14.4 Å². The van der Waals surface area contributed by atoms with Crippen LogP contribution < -0.4 is 0 Å². The van der Waals surface area contributed by atoms with Crippen LogP contribution in [0, 0.1) is 11.8 Å². The molecule has 1 aromatic carbocycles. The number of halogens is 1. The van der Waals surface area contributed by atoms with Crippen molar-refractivity contribution in [3.8, 4) is 0 Å². The zero-order valence-corrected chi connectivity index (χ0v) is 20.3. The van der Waals surface area contributed by atoms with Crippen molar-refractivity contribution < 1.29 is 23.5 Å². The molecule has 8 nitrogen and oxygen atoms in total. The van der Waals surface area contributed by atoms with Gasteiger partial charge in [-0.1, -0.05) is 23.7 Å². The third kappa shape index (κ3) is 5.12.